The fourth-order valence-electron chi connectivity index (χ4n) is 0.742. The summed E-state index contributed by atoms with van der Waals surface area (Å²) in [6.45, 7) is 2.05. The Morgan fingerprint density at radius 3 is 2.83 bits per heavy atom. The van der Waals surface area contributed by atoms with Gasteiger partial charge in [-0.1, -0.05) is 11.6 Å². The minimum atomic E-state index is 0.185. The number of aromatic nitrogens is 1. The molecule has 0 fully saturated rings. The lowest BCUT2D eigenvalue weighted by atomic mass is 10.4. The molecule has 0 atom stereocenters. The van der Waals surface area contributed by atoms with Crippen molar-refractivity contribution in [2.45, 2.75) is 6.92 Å². The van der Waals surface area contributed by atoms with Crippen molar-refractivity contribution in [1.29, 1.82) is 0 Å². The van der Waals surface area contributed by atoms with Gasteiger partial charge in [-0.25, -0.2) is 4.98 Å². The molecule has 1 heterocycles. The van der Waals surface area contributed by atoms with Gasteiger partial charge >= 0.3 is 0 Å². The number of rotatable bonds is 3. The van der Waals surface area contributed by atoms with Gasteiger partial charge in [0.1, 0.15) is 0 Å². The average Bonchev–Trinajstić information content (AvgIpc) is 2.03. The molecule has 66 valence electrons. The SMILES string of the molecule is COCOc1ccc(C)nc1Cl. The van der Waals surface area contributed by atoms with E-state index in [0.29, 0.717) is 10.9 Å². The third-order valence-corrected chi connectivity index (χ3v) is 1.56. The summed E-state index contributed by atoms with van der Waals surface area (Å²) in [6.07, 6.45) is 0. The van der Waals surface area contributed by atoms with Crippen LogP contribution in [0.3, 0.4) is 0 Å². The van der Waals surface area contributed by atoms with Crippen molar-refractivity contribution >= 4 is 11.6 Å². The predicted octanol–water partition coefficient (Wildman–Crippen LogP) is 2.03. The van der Waals surface area contributed by atoms with Gasteiger partial charge in [-0.15, -0.1) is 0 Å². The van der Waals surface area contributed by atoms with Crippen molar-refractivity contribution in [3.05, 3.63) is 23.0 Å². The molecule has 12 heavy (non-hydrogen) atoms. The van der Waals surface area contributed by atoms with Crippen molar-refractivity contribution in [2.24, 2.45) is 0 Å². The summed E-state index contributed by atoms with van der Waals surface area (Å²) in [7, 11) is 1.55. The maximum absolute atomic E-state index is 5.77. The standard InChI is InChI=1S/C8H10ClNO2/c1-6-3-4-7(8(9)10-6)12-5-11-2/h3-4H,5H2,1-2H3. The van der Waals surface area contributed by atoms with Gasteiger partial charge in [0.25, 0.3) is 0 Å². The highest BCUT2D eigenvalue weighted by Gasteiger charge is 2.01. The first-order valence-electron chi connectivity index (χ1n) is 3.49. The van der Waals surface area contributed by atoms with Gasteiger partial charge in [0.15, 0.2) is 17.7 Å². The van der Waals surface area contributed by atoms with E-state index in [4.69, 9.17) is 21.1 Å². The second-order valence-corrected chi connectivity index (χ2v) is 2.65. The number of hydrogen-bond acceptors (Lipinski definition) is 3. The molecule has 1 rings (SSSR count). The van der Waals surface area contributed by atoms with Crippen molar-refractivity contribution in [1.82, 2.24) is 4.98 Å². The molecule has 0 saturated carbocycles. The Balaban J connectivity index is 2.72. The topological polar surface area (TPSA) is 31.4 Å². The lowest BCUT2D eigenvalue weighted by Gasteiger charge is -2.05. The van der Waals surface area contributed by atoms with E-state index in [2.05, 4.69) is 4.98 Å². The molecule has 0 aliphatic carbocycles. The van der Waals surface area contributed by atoms with Crippen LogP contribution in [0.5, 0.6) is 5.75 Å². The summed E-state index contributed by atoms with van der Waals surface area (Å²) < 4.78 is 9.85. The number of pyridine rings is 1. The lowest BCUT2D eigenvalue weighted by Crippen LogP contribution is -2.00. The average molecular weight is 188 g/mol. The van der Waals surface area contributed by atoms with Gasteiger partial charge in [0.05, 0.1) is 0 Å². The minimum Gasteiger partial charge on any atom is -0.464 e. The summed E-state index contributed by atoms with van der Waals surface area (Å²) in [5.41, 5.74) is 0.866. The van der Waals surface area contributed by atoms with Crippen LogP contribution in [0.15, 0.2) is 12.1 Å². The Labute approximate surface area is 76.3 Å². The highest BCUT2D eigenvalue weighted by atomic mass is 35.5. The summed E-state index contributed by atoms with van der Waals surface area (Å²) in [5.74, 6) is 0.545. The predicted molar refractivity (Wildman–Crippen MR) is 46.5 cm³/mol. The highest BCUT2D eigenvalue weighted by Crippen LogP contribution is 2.21. The summed E-state index contributed by atoms with van der Waals surface area (Å²) >= 11 is 5.77. The van der Waals surface area contributed by atoms with Crippen LogP contribution < -0.4 is 4.74 Å². The van der Waals surface area contributed by atoms with Crippen molar-refractivity contribution < 1.29 is 9.47 Å². The van der Waals surface area contributed by atoms with Gasteiger partial charge in [-0.05, 0) is 19.1 Å². The minimum absolute atomic E-state index is 0.185. The van der Waals surface area contributed by atoms with Gasteiger partial charge in [0.2, 0.25) is 0 Å². The zero-order valence-corrected chi connectivity index (χ0v) is 7.76. The monoisotopic (exact) mass is 187 g/mol. The molecule has 1 aromatic rings. The van der Waals surface area contributed by atoms with Crippen LogP contribution in [0.25, 0.3) is 0 Å². The molecule has 4 heteroatoms. The van der Waals surface area contributed by atoms with Crippen LogP contribution in [0.2, 0.25) is 5.15 Å². The second-order valence-electron chi connectivity index (χ2n) is 2.29. The molecule has 0 unspecified atom stereocenters. The Morgan fingerprint density at radius 2 is 2.25 bits per heavy atom. The molecule has 0 aliphatic heterocycles. The second kappa shape index (κ2) is 4.28. The van der Waals surface area contributed by atoms with Crippen molar-refractivity contribution in [3.63, 3.8) is 0 Å². The Bertz CT molecular complexity index is 265. The van der Waals surface area contributed by atoms with Crippen LogP contribution in [0.1, 0.15) is 5.69 Å². The third kappa shape index (κ3) is 2.36. The fourth-order valence-corrected chi connectivity index (χ4v) is 0.993. The molecular formula is C8H10ClNO2. The first kappa shape index (κ1) is 9.29. The molecule has 0 radical (unpaired) electrons. The highest BCUT2D eigenvalue weighted by molar-refractivity contribution is 6.30. The molecule has 0 saturated heterocycles. The molecule has 0 amide bonds. The van der Waals surface area contributed by atoms with Crippen molar-refractivity contribution in [2.75, 3.05) is 13.9 Å². The zero-order chi connectivity index (χ0) is 8.97. The maximum atomic E-state index is 5.77. The van der Waals surface area contributed by atoms with Crippen LogP contribution in [-0.4, -0.2) is 18.9 Å². The normalized spacial score (nSPS) is 9.92. The number of ether oxygens (including phenoxy) is 2. The summed E-state index contributed by atoms with van der Waals surface area (Å²) in [6, 6.07) is 3.60. The van der Waals surface area contributed by atoms with Gasteiger partial charge in [-0.2, -0.15) is 0 Å². The van der Waals surface area contributed by atoms with Gasteiger partial charge in [0, 0.05) is 12.8 Å². The van der Waals surface area contributed by atoms with E-state index in [1.165, 1.54) is 0 Å². The van der Waals surface area contributed by atoms with E-state index in [1.807, 2.05) is 13.0 Å². The lowest BCUT2D eigenvalue weighted by molar-refractivity contribution is 0.0509. The molecule has 0 aliphatic rings. The van der Waals surface area contributed by atoms with Crippen LogP contribution in [-0.2, 0) is 4.74 Å². The summed E-state index contributed by atoms with van der Waals surface area (Å²) in [4.78, 5) is 4.01. The number of methoxy groups -OCH3 is 1. The number of halogens is 1. The quantitative estimate of drug-likeness (QED) is 0.536. The number of aryl methyl sites for hydroxylation is 1. The van der Waals surface area contributed by atoms with Crippen LogP contribution in [0.4, 0.5) is 0 Å². The largest absolute Gasteiger partial charge is 0.464 e. The Kier molecular flexibility index (Phi) is 3.31. The van der Waals surface area contributed by atoms with Crippen molar-refractivity contribution in [3.8, 4) is 5.75 Å². The molecule has 0 bridgehead atoms. The fraction of sp³-hybridized carbons (Fsp3) is 0.375. The van der Waals surface area contributed by atoms with E-state index in [9.17, 15) is 0 Å². The molecule has 0 N–H and O–H groups in total. The third-order valence-electron chi connectivity index (χ3n) is 1.29. The smallest absolute Gasteiger partial charge is 0.188 e. The summed E-state index contributed by atoms with van der Waals surface area (Å²) in [5, 5.41) is 0.368. The number of nitrogens with zero attached hydrogens (tertiary/aromatic N) is 1. The molecule has 0 aromatic carbocycles. The van der Waals surface area contributed by atoms with E-state index < -0.39 is 0 Å². The number of hydrogen-bond donors (Lipinski definition) is 0. The molecule has 1 aromatic heterocycles. The van der Waals surface area contributed by atoms with E-state index in [-0.39, 0.29) is 6.79 Å². The van der Waals surface area contributed by atoms with E-state index in [1.54, 1.807) is 13.2 Å². The van der Waals surface area contributed by atoms with Crippen LogP contribution >= 0.6 is 11.6 Å². The van der Waals surface area contributed by atoms with Gasteiger partial charge < -0.3 is 9.47 Å². The molecule has 0 spiro atoms. The first-order chi connectivity index (χ1) is 5.74. The molecule has 3 nitrogen and oxygen atoms in total. The zero-order valence-electron chi connectivity index (χ0n) is 7.00. The van der Waals surface area contributed by atoms with E-state index >= 15 is 0 Å². The Morgan fingerprint density at radius 1 is 1.50 bits per heavy atom. The Hall–Kier alpha value is -0.800. The van der Waals surface area contributed by atoms with Gasteiger partial charge in [-0.3, -0.25) is 0 Å². The maximum Gasteiger partial charge on any atom is 0.188 e. The van der Waals surface area contributed by atoms with E-state index in [0.717, 1.165) is 5.69 Å². The molecular weight excluding hydrogens is 178 g/mol. The van der Waals surface area contributed by atoms with Crippen LogP contribution in [0, 0.1) is 6.92 Å². The first-order valence-corrected chi connectivity index (χ1v) is 3.86.